The van der Waals surface area contributed by atoms with Crippen molar-refractivity contribution in [2.24, 2.45) is 0 Å². The zero-order chi connectivity index (χ0) is 37.5. The molecular weight excluding hydrogens is 701 g/mol. The van der Waals surface area contributed by atoms with Gasteiger partial charge in [0.1, 0.15) is 22.3 Å². The summed E-state index contributed by atoms with van der Waals surface area (Å²) in [5.41, 5.74) is 11.7. The first-order chi connectivity index (χ1) is 28.2. The van der Waals surface area contributed by atoms with Gasteiger partial charge in [0.25, 0.3) is 0 Å². The zero-order valence-corrected chi connectivity index (χ0v) is 30.4. The summed E-state index contributed by atoms with van der Waals surface area (Å²) >= 11 is 0. The van der Waals surface area contributed by atoms with Gasteiger partial charge in [-0.25, -0.2) is 15.0 Å². The molecule has 0 amide bonds. The van der Waals surface area contributed by atoms with Crippen molar-refractivity contribution in [2.45, 2.75) is 0 Å². The van der Waals surface area contributed by atoms with E-state index in [0.29, 0.717) is 17.5 Å². The first-order valence-corrected chi connectivity index (χ1v) is 19.0. The van der Waals surface area contributed by atoms with Crippen LogP contribution in [0.15, 0.2) is 191 Å². The Labute approximate surface area is 325 Å². The number of para-hydroxylation sites is 1. The second kappa shape index (κ2) is 12.3. The zero-order valence-electron chi connectivity index (χ0n) is 30.4. The first kappa shape index (κ1) is 31.5. The van der Waals surface area contributed by atoms with E-state index < -0.39 is 0 Å². The standard InChI is InChI=1S/C51H30N4O2/c1-4-12-31(13-5-1)34-21-24-44-39(26-34)37-18-10-11-19-43(37)55(44)36-22-25-45-40(28-36)42-30-47-41(29-48(42)56-45)38-23-20-35(27-46(38)57-47)51-53-49(32-14-6-2-7-15-32)52-50(54-51)33-16-8-3-9-17-33/h1-30H. The van der Waals surface area contributed by atoms with Crippen molar-refractivity contribution >= 4 is 65.7 Å². The van der Waals surface area contributed by atoms with E-state index in [9.17, 15) is 0 Å². The van der Waals surface area contributed by atoms with E-state index in [4.69, 9.17) is 23.8 Å². The van der Waals surface area contributed by atoms with E-state index in [1.165, 1.54) is 21.9 Å². The van der Waals surface area contributed by atoms with Gasteiger partial charge in [-0.3, -0.25) is 0 Å². The van der Waals surface area contributed by atoms with Gasteiger partial charge in [-0.05, 0) is 71.8 Å². The molecule has 0 saturated carbocycles. The Morgan fingerprint density at radius 3 is 1.53 bits per heavy atom. The Morgan fingerprint density at radius 1 is 0.298 bits per heavy atom. The minimum absolute atomic E-state index is 0.582. The average molecular weight is 731 g/mol. The van der Waals surface area contributed by atoms with Gasteiger partial charge < -0.3 is 13.4 Å². The lowest BCUT2D eigenvalue weighted by atomic mass is 10.0. The first-order valence-electron chi connectivity index (χ1n) is 19.0. The van der Waals surface area contributed by atoms with Gasteiger partial charge in [0.15, 0.2) is 17.5 Å². The summed E-state index contributed by atoms with van der Waals surface area (Å²) < 4.78 is 15.5. The van der Waals surface area contributed by atoms with Crippen molar-refractivity contribution in [3.63, 3.8) is 0 Å². The molecule has 6 nitrogen and oxygen atoms in total. The molecule has 4 heterocycles. The summed E-state index contributed by atoms with van der Waals surface area (Å²) in [7, 11) is 0. The highest BCUT2D eigenvalue weighted by molar-refractivity contribution is 6.16. The van der Waals surface area contributed by atoms with Gasteiger partial charge in [-0.1, -0.05) is 121 Å². The average Bonchev–Trinajstić information content (AvgIpc) is 3.94. The van der Waals surface area contributed by atoms with Crippen LogP contribution in [0.3, 0.4) is 0 Å². The SMILES string of the molecule is c1ccc(-c2ccc3c(c2)c2ccccc2n3-c2ccc3oc4cc5c(cc4c3c2)oc2cc(-c3nc(-c4ccccc4)nc(-c4ccccc4)n3)ccc25)cc1. The summed E-state index contributed by atoms with van der Waals surface area (Å²) in [6.45, 7) is 0. The third kappa shape index (κ3) is 5.08. The molecule has 57 heavy (non-hydrogen) atoms. The van der Waals surface area contributed by atoms with Crippen LogP contribution < -0.4 is 0 Å². The Kier molecular flexibility index (Phi) is 6.83. The van der Waals surface area contributed by atoms with Crippen LogP contribution in [0, 0.1) is 0 Å². The van der Waals surface area contributed by atoms with E-state index in [2.05, 4.69) is 120 Å². The van der Waals surface area contributed by atoms with Crippen molar-refractivity contribution in [3.05, 3.63) is 182 Å². The van der Waals surface area contributed by atoms with Gasteiger partial charge in [-0.15, -0.1) is 0 Å². The van der Waals surface area contributed by atoms with Crippen LogP contribution in [0.25, 0.3) is 117 Å². The summed E-state index contributed by atoms with van der Waals surface area (Å²) in [4.78, 5) is 14.7. The molecule has 0 bridgehead atoms. The fourth-order valence-corrected chi connectivity index (χ4v) is 8.31. The lowest BCUT2D eigenvalue weighted by Crippen LogP contribution is -2.00. The van der Waals surface area contributed by atoms with Crippen LogP contribution in [-0.4, -0.2) is 19.5 Å². The molecule has 0 radical (unpaired) electrons. The topological polar surface area (TPSA) is 69.9 Å². The molecule has 0 atom stereocenters. The molecule has 0 saturated heterocycles. The molecule has 0 spiro atoms. The number of benzene rings is 8. The minimum atomic E-state index is 0.582. The third-order valence-corrected chi connectivity index (χ3v) is 11.0. The van der Waals surface area contributed by atoms with Crippen molar-refractivity contribution < 1.29 is 8.83 Å². The molecule has 0 aliphatic carbocycles. The van der Waals surface area contributed by atoms with Crippen LogP contribution in [0.5, 0.6) is 0 Å². The Morgan fingerprint density at radius 2 is 0.825 bits per heavy atom. The molecule has 0 N–H and O–H groups in total. The van der Waals surface area contributed by atoms with Crippen molar-refractivity contribution in [2.75, 3.05) is 0 Å². The van der Waals surface area contributed by atoms with E-state index >= 15 is 0 Å². The number of fused-ring (bicyclic) bond motifs is 9. The molecule has 266 valence electrons. The maximum absolute atomic E-state index is 6.62. The monoisotopic (exact) mass is 730 g/mol. The molecule has 0 unspecified atom stereocenters. The van der Waals surface area contributed by atoms with Crippen LogP contribution in [0.4, 0.5) is 0 Å². The van der Waals surface area contributed by atoms with Gasteiger partial charge >= 0.3 is 0 Å². The summed E-state index contributed by atoms with van der Waals surface area (Å²) in [5, 5.41) is 6.46. The van der Waals surface area contributed by atoms with Crippen LogP contribution in [0.1, 0.15) is 0 Å². The van der Waals surface area contributed by atoms with Gasteiger partial charge in [0, 0.05) is 54.7 Å². The highest BCUT2D eigenvalue weighted by Crippen LogP contribution is 2.40. The quantitative estimate of drug-likeness (QED) is 0.176. The van der Waals surface area contributed by atoms with E-state index in [1.807, 2.05) is 66.7 Å². The predicted molar refractivity (Wildman–Crippen MR) is 230 cm³/mol. The molecule has 12 aromatic rings. The molecule has 0 aliphatic rings. The number of hydrogen-bond acceptors (Lipinski definition) is 5. The normalized spacial score (nSPS) is 11.9. The van der Waals surface area contributed by atoms with E-state index in [1.54, 1.807) is 0 Å². The molecular formula is C51H30N4O2. The summed E-state index contributed by atoms with van der Waals surface area (Å²) in [5.74, 6) is 1.82. The molecule has 4 aromatic heterocycles. The summed E-state index contributed by atoms with van der Waals surface area (Å²) in [6, 6.07) is 62.8. The summed E-state index contributed by atoms with van der Waals surface area (Å²) in [6.07, 6.45) is 0. The van der Waals surface area contributed by atoms with Gasteiger partial charge in [0.2, 0.25) is 0 Å². The van der Waals surface area contributed by atoms with Crippen LogP contribution in [-0.2, 0) is 0 Å². The molecule has 0 aliphatic heterocycles. The van der Waals surface area contributed by atoms with E-state index in [0.717, 1.165) is 77.3 Å². The third-order valence-electron chi connectivity index (χ3n) is 11.0. The fourth-order valence-electron chi connectivity index (χ4n) is 8.31. The van der Waals surface area contributed by atoms with Gasteiger partial charge in [0.05, 0.1) is 11.0 Å². The van der Waals surface area contributed by atoms with Crippen molar-refractivity contribution in [3.8, 4) is 51.0 Å². The maximum Gasteiger partial charge on any atom is 0.164 e. The molecule has 8 aromatic carbocycles. The van der Waals surface area contributed by atoms with Crippen LogP contribution >= 0.6 is 0 Å². The highest BCUT2D eigenvalue weighted by atomic mass is 16.3. The highest BCUT2D eigenvalue weighted by Gasteiger charge is 2.19. The second-order valence-corrected chi connectivity index (χ2v) is 14.4. The lowest BCUT2D eigenvalue weighted by molar-refractivity contribution is 0.664. The van der Waals surface area contributed by atoms with Crippen LogP contribution in [0.2, 0.25) is 0 Å². The maximum atomic E-state index is 6.62. The molecule has 6 heteroatoms. The largest absolute Gasteiger partial charge is 0.456 e. The lowest BCUT2D eigenvalue weighted by Gasteiger charge is -2.08. The van der Waals surface area contributed by atoms with E-state index in [-0.39, 0.29) is 0 Å². The predicted octanol–water partition coefficient (Wildman–Crippen LogP) is 13.4. The van der Waals surface area contributed by atoms with Gasteiger partial charge in [-0.2, -0.15) is 0 Å². The van der Waals surface area contributed by atoms with Crippen molar-refractivity contribution in [1.29, 1.82) is 0 Å². The number of furan rings is 2. The number of rotatable bonds is 5. The smallest absolute Gasteiger partial charge is 0.164 e. The number of hydrogen-bond donors (Lipinski definition) is 0. The second-order valence-electron chi connectivity index (χ2n) is 14.4. The molecule has 0 fully saturated rings. The number of aromatic nitrogens is 4. The minimum Gasteiger partial charge on any atom is -0.456 e. The Hall–Kier alpha value is -7.83. The molecule has 12 rings (SSSR count). The van der Waals surface area contributed by atoms with Crippen molar-refractivity contribution in [1.82, 2.24) is 19.5 Å². The Balaban J connectivity index is 0.984. The fraction of sp³-hybridized carbons (Fsp3) is 0. The Bertz CT molecular complexity index is 3450. The number of nitrogens with zero attached hydrogens (tertiary/aromatic N) is 4.